The molecule has 0 aliphatic carbocycles. The molecule has 1 aromatic carbocycles. The van der Waals surface area contributed by atoms with Gasteiger partial charge in [-0.15, -0.1) is 0 Å². The lowest BCUT2D eigenvalue weighted by Gasteiger charge is -2.05. The normalized spacial score (nSPS) is 10.3. The number of hydrogen-bond acceptors (Lipinski definition) is 5. The summed E-state index contributed by atoms with van der Waals surface area (Å²) in [4.78, 5) is 7.94. The third-order valence-corrected chi connectivity index (χ3v) is 2.40. The molecular formula is C13H14N2O3. The molecule has 0 spiro atoms. The van der Waals surface area contributed by atoms with E-state index >= 15 is 0 Å². The number of benzene rings is 1. The molecule has 0 fully saturated rings. The largest absolute Gasteiger partial charge is 0.424 e. The zero-order valence-corrected chi connectivity index (χ0v) is 9.78. The zero-order valence-electron chi connectivity index (χ0n) is 9.78. The van der Waals surface area contributed by atoms with Crippen molar-refractivity contribution in [2.75, 3.05) is 6.61 Å². The molecule has 0 amide bonds. The highest BCUT2D eigenvalue weighted by Crippen LogP contribution is 2.18. The molecule has 0 bridgehead atoms. The van der Waals surface area contributed by atoms with Crippen molar-refractivity contribution < 1.29 is 14.9 Å². The highest BCUT2D eigenvalue weighted by atomic mass is 16.5. The van der Waals surface area contributed by atoms with E-state index in [-0.39, 0.29) is 19.2 Å². The average Bonchev–Trinajstić information content (AvgIpc) is 2.42. The van der Waals surface area contributed by atoms with Crippen molar-refractivity contribution in [3.63, 3.8) is 0 Å². The van der Waals surface area contributed by atoms with Gasteiger partial charge in [0.15, 0.2) is 0 Å². The van der Waals surface area contributed by atoms with Crippen LogP contribution in [0.1, 0.15) is 11.1 Å². The minimum absolute atomic E-state index is 0.0872. The molecule has 2 aromatic rings. The minimum Gasteiger partial charge on any atom is -0.424 e. The van der Waals surface area contributed by atoms with Crippen LogP contribution in [0.3, 0.4) is 0 Å². The van der Waals surface area contributed by atoms with Gasteiger partial charge in [0.05, 0.1) is 6.61 Å². The van der Waals surface area contributed by atoms with Crippen LogP contribution in [0.5, 0.6) is 11.8 Å². The van der Waals surface area contributed by atoms with Gasteiger partial charge in [0, 0.05) is 24.6 Å². The third-order valence-electron chi connectivity index (χ3n) is 2.40. The van der Waals surface area contributed by atoms with Crippen molar-refractivity contribution in [2.24, 2.45) is 0 Å². The Balaban J connectivity index is 2.03. The molecule has 18 heavy (non-hydrogen) atoms. The Morgan fingerprint density at radius 1 is 0.944 bits per heavy atom. The molecule has 1 aromatic heterocycles. The summed E-state index contributed by atoms with van der Waals surface area (Å²) in [5.74, 6) is 0.633. The van der Waals surface area contributed by atoms with Crippen molar-refractivity contribution in [3.05, 3.63) is 47.8 Å². The van der Waals surface area contributed by atoms with E-state index in [4.69, 9.17) is 14.9 Å². The van der Waals surface area contributed by atoms with Crippen LogP contribution in [0.25, 0.3) is 0 Å². The summed E-state index contributed by atoms with van der Waals surface area (Å²) in [6.45, 7) is 0.0437. The van der Waals surface area contributed by atoms with E-state index in [0.717, 1.165) is 5.56 Å². The molecule has 2 rings (SSSR count). The molecule has 0 radical (unpaired) electrons. The second kappa shape index (κ2) is 6.09. The molecule has 0 saturated carbocycles. The molecule has 0 unspecified atom stereocenters. The fourth-order valence-electron chi connectivity index (χ4n) is 1.44. The van der Waals surface area contributed by atoms with Crippen LogP contribution in [-0.2, 0) is 13.0 Å². The molecule has 94 valence electrons. The number of rotatable bonds is 5. The number of aliphatic hydroxyl groups is 2. The third kappa shape index (κ3) is 3.26. The first-order valence-corrected chi connectivity index (χ1v) is 5.61. The van der Waals surface area contributed by atoms with Gasteiger partial charge in [0.1, 0.15) is 5.75 Å². The highest BCUT2D eigenvalue weighted by molar-refractivity contribution is 5.29. The first kappa shape index (κ1) is 12.5. The monoisotopic (exact) mass is 246 g/mol. The number of aliphatic hydroxyl groups excluding tert-OH is 2. The van der Waals surface area contributed by atoms with Crippen molar-refractivity contribution in [2.45, 2.75) is 13.0 Å². The first-order valence-electron chi connectivity index (χ1n) is 5.61. The lowest BCUT2D eigenvalue weighted by atomic mass is 10.1. The quantitative estimate of drug-likeness (QED) is 0.831. The van der Waals surface area contributed by atoms with Gasteiger partial charge in [-0.05, 0) is 24.1 Å². The van der Waals surface area contributed by atoms with Crippen LogP contribution in [-0.4, -0.2) is 26.8 Å². The van der Waals surface area contributed by atoms with Crippen LogP contribution in [0.15, 0.2) is 36.7 Å². The maximum atomic E-state index is 8.86. The number of aromatic nitrogens is 2. The maximum Gasteiger partial charge on any atom is 0.321 e. The predicted octanol–water partition coefficient (Wildman–Crippen LogP) is 1.30. The Kier molecular flexibility index (Phi) is 4.22. The maximum absolute atomic E-state index is 8.86. The second-order valence-electron chi connectivity index (χ2n) is 3.75. The molecule has 5 heteroatoms. The van der Waals surface area contributed by atoms with Gasteiger partial charge < -0.3 is 14.9 Å². The van der Waals surface area contributed by atoms with Gasteiger partial charge in [-0.2, -0.15) is 0 Å². The van der Waals surface area contributed by atoms with E-state index in [0.29, 0.717) is 17.7 Å². The Morgan fingerprint density at radius 3 is 2.17 bits per heavy atom. The summed E-state index contributed by atoms with van der Waals surface area (Å²) in [6, 6.07) is 7.60. The summed E-state index contributed by atoms with van der Waals surface area (Å²) in [7, 11) is 0. The van der Waals surface area contributed by atoms with Crippen molar-refractivity contribution in [3.8, 4) is 11.8 Å². The van der Waals surface area contributed by atoms with Gasteiger partial charge in [-0.3, -0.25) is 0 Å². The number of hydrogen-bond donors (Lipinski definition) is 2. The summed E-state index contributed by atoms with van der Waals surface area (Å²) >= 11 is 0. The molecule has 0 aliphatic heterocycles. The standard InChI is InChI=1S/C13H14N2O3/c16-6-5-10-1-3-12(4-2-10)18-13-14-7-11(9-17)8-15-13/h1-4,7-8,16-17H,5-6,9H2. The lowest BCUT2D eigenvalue weighted by molar-refractivity contribution is 0.280. The van der Waals surface area contributed by atoms with Crippen LogP contribution in [0.4, 0.5) is 0 Å². The summed E-state index contributed by atoms with van der Waals surface area (Å²) in [5.41, 5.74) is 1.68. The molecule has 2 N–H and O–H groups in total. The molecule has 0 aliphatic rings. The van der Waals surface area contributed by atoms with Crippen LogP contribution < -0.4 is 4.74 Å². The van der Waals surface area contributed by atoms with Gasteiger partial charge in [0.2, 0.25) is 0 Å². The van der Waals surface area contributed by atoms with E-state index in [9.17, 15) is 0 Å². The smallest absolute Gasteiger partial charge is 0.321 e. The minimum atomic E-state index is -0.0872. The topological polar surface area (TPSA) is 75.5 Å². The van der Waals surface area contributed by atoms with Gasteiger partial charge in [-0.25, -0.2) is 9.97 Å². The predicted molar refractivity (Wildman–Crippen MR) is 65.3 cm³/mol. The second-order valence-corrected chi connectivity index (χ2v) is 3.75. The average molecular weight is 246 g/mol. The number of nitrogens with zero attached hydrogens (tertiary/aromatic N) is 2. The first-order chi connectivity index (χ1) is 8.81. The van der Waals surface area contributed by atoms with E-state index in [1.807, 2.05) is 12.1 Å². The fourth-order valence-corrected chi connectivity index (χ4v) is 1.44. The fraction of sp³-hybridized carbons (Fsp3) is 0.231. The van der Waals surface area contributed by atoms with Crippen molar-refractivity contribution >= 4 is 0 Å². The van der Waals surface area contributed by atoms with Gasteiger partial charge in [0.25, 0.3) is 0 Å². The van der Waals surface area contributed by atoms with E-state index in [2.05, 4.69) is 9.97 Å². The Labute approximate surface area is 105 Å². The molecule has 0 saturated heterocycles. The van der Waals surface area contributed by atoms with Crippen LogP contribution in [0.2, 0.25) is 0 Å². The van der Waals surface area contributed by atoms with E-state index in [1.54, 1.807) is 12.1 Å². The summed E-state index contributed by atoms with van der Waals surface area (Å²) < 4.78 is 5.44. The molecule has 0 atom stereocenters. The Hall–Kier alpha value is -1.98. The Bertz CT molecular complexity index is 483. The van der Waals surface area contributed by atoms with Gasteiger partial charge >= 0.3 is 6.01 Å². The van der Waals surface area contributed by atoms with Crippen molar-refractivity contribution in [1.29, 1.82) is 0 Å². The lowest BCUT2D eigenvalue weighted by Crippen LogP contribution is -1.94. The molecule has 1 heterocycles. The zero-order chi connectivity index (χ0) is 12.8. The SMILES string of the molecule is OCCc1ccc(Oc2ncc(CO)cn2)cc1. The van der Waals surface area contributed by atoms with Crippen molar-refractivity contribution in [1.82, 2.24) is 9.97 Å². The summed E-state index contributed by atoms with van der Waals surface area (Å²) in [5, 5.41) is 17.7. The summed E-state index contributed by atoms with van der Waals surface area (Å²) in [6.07, 6.45) is 3.66. The van der Waals surface area contributed by atoms with Crippen LogP contribution >= 0.6 is 0 Å². The number of ether oxygens (including phenoxy) is 1. The highest BCUT2D eigenvalue weighted by Gasteiger charge is 2.01. The molecule has 5 nitrogen and oxygen atoms in total. The van der Waals surface area contributed by atoms with Crippen LogP contribution in [0, 0.1) is 0 Å². The van der Waals surface area contributed by atoms with E-state index in [1.165, 1.54) is 12.4 Å². The Morgan fingerprint density at radius 2 is 1.61 bits per heavy atom. The van der Waals surface area contributed by atoms with Gasteiger partial charge in [-0.1, -0.05) is 12.1 Å². The molecular weight excluding hydrogens is 232 g/mol. The van der Waals surface area contributed by atoms with E-state index < -0.39 is 0 Å².